The third-order valence-electron chi connectivity index (χ3n) is 3.80. The molecular weight excluding hydrogens is 321 g/mol. The number of rotatable bonds is 5. The van der Waals surface area contributed by atoms with Crippen molar-refractivity contribution in [1.29, 1.82) is 0 Å². The number of hydrogen-bond acceptors (Lipinski definition) is 6. The molecule has 0 saturated carbocycles. The van der Waals surface area contributed by atoms with Gasteiger partial charge in [0.1, 0.15) is 11.4 Å². The number of benzene rings is 1. The largest absolute Gasteiger partial charge is 0.482 e. The Hall–Kier alpha value is -2.09. The van der Waals surface area contributed by atoms with Gasteiger partial charge in [-0.2, -0.15) is 0 Å². The molecule has 0 atom stereocenters. The molecule has 2 rings (SSSR count). The van der Waals surface area contributed by atoms with Crippen molar-refractivity contribution in [3.05, 3.63) is 48.3 Å². The lowest BCUT2D eigenvalue weighted by atomic mass is 9.89. The normalized spacial score (nSPS) is 11.2. The first-order chi connectivity index (χ1) is 11.6. The van der Waals surface area contributed by atoms with E-state index in [0.717, 1.165) is 11.3 Å². The van der Waals surface area contributed by atoms with Crippen molar-refractivity contribution >= 4 is 7.69 Å². The highest BCUT2D eigenvalue weighted by atomic mass is 16.5. The molecule has 7 heteroatoms. The van der Waals surface area contributed by atoms with Gasteiger partial charge in [-0.05, 0) is 52.3 Å². The fourth-order valence-corrected chi connectivity index (χ4v) is 1.73. The molecule has 1 heterocycles. The highest BCUT2D eigenvalue weighted by Gasteiger charge is 2.38. The number of ether oxygens (including phenoxy) is 2. The van der Waals surface area contributed by atoms with Gasteiger partial charge < -0.3 is 24.6 Å². The minimum atomic E-state index is -1.00. The average molecular weight is 346 g/mol. The Bertz CT molecular complexity index is 671. The zero-order valence-electron chi connectivity index (χ0n) is 15.2. The zero-order valence-corrected chi connectivity index (χ0v) is 15.2. The maximum absolute atomic E-state index is 10.2. The van der Waals surface area contributed by atoms with Gasteiger partial charge in [-0.25, -0.2) is 0 Å². The quantitative estimate of drug-likeness (QED) is 0.721. The molecule has 25 heavy (non-hydrogen) atoms. The van der Waals surface area contributed by atoms with Gasteiger partial charge in [0.15, 0.2) is 11.5 Å². The van der Waals surface area contributed by atoms with Gasteiger partial charge in [-0.3, -0.25) is 4.98 Å². The summed E-state index contributed by atoms with van der Waals surface area (Å²) in [5, 5.41) is 24.2. The minimum Gasteiger partial charge on any atom is -0.481 e. The monoisotopic (exact) mass is 346 g/mol. The summed E-state index contributed by atoms with van der Waals surface area (Å²) < 4.78 is 11.9. The molecule has 3 N–H and O–H groups in total. The molecule has 6 nitrogen and oxygen atoms in total. The second-order valence-corrected chi connectivity index (χ2v) is 6.53. The first-order valence-electron chi connectivity index (χ1n) is 7.80. The second-order valence-electron chi connectivity index (χ2n) is 6.53. The summed E-state index contributed by atoms with van der Waals surface area (Å²) in [6.45, 7) is 9.11. The van der Waals surface area contributed by atoms with Gasteiger partial charge in [0.05, 0.1) is 11.8 Å². The molecule has 0 saturated heterocycles. The van der Waals surface area contributed by atoms with Crippen LogP contribution in [0.25, 0.3) is 0 Å². The maximum Gasteiger partial charge on any atom is 0.482 e. The van der Waals surface area contributed by atoms with Crippen LogP contribution >= 0.6 is 0 Å². The van der Waals surface area contributed by atoms with Gasteiger partial charge in [-0.1, -0.05) is 12.1 Å². The molecule has 0 amide bonds. The molecule has 1 aromatic carbocycles. The number of nitrogens with zero attached hydrogens (tertiary/aromatic N) is 1. The summed E-state index contributed by atoms with van der Waals surface area (Å²) in [6, 6.07) is 9.49. The Kier molecular flexibility index (Phi) is 7.42. The Balaban J connectivity index is 0.000000970. The lowest BCUT2D eigenvalue weighted by Gasteiger charge is -2.37. The third-order valence-corrected chi connectivity index (χ3v) is 3.80. The van der Waals surface area contributed by atoms with E-state index < -0.39 is 11.2 Å². The minimum absolute atomic E-state index is 0. The molecular formula is C18H25BNO5. The van der Waals surface area contributed by atoms with E-state index in [1.807, 2.05) is 45.0 Å². The summed E-state index contributed by atoms with van der Waals surface area (Å²) in [5.41, 5.74) is -0.670. The highest BCUT2D eigenvalue weighted by Crippen LogP contribution is 2.35. The Morgan fingerprint density at radius 1 is 1.04 bits per heavy atom. The number of pyridine rings is 1. The Labute approximate surface area is 149 Å². The van der Waals surface area contributed by atoms with Crippen LogP contribution in [0.3, 0.4) is 0 Å². The molecule has 0 unspecified atom stereocenters. The Morgan fingerprint density at radius 3 is 2.24 bits per heavy atom. The molecule has 1 radical (unpaired) electrons. The summed E-state index contributed by atoms with van der Waals surface area (Å²) in [6.07, 6.45) is 3.25. The van der Waals surface area contributed by atoms with E-state index in [9.17, 15) is 5.11 Å². The van der Waals surface area contributed by atoms with Crippen molar-refractivity contribution in [2.75, 3.05) is 0 Å². The zero-order chi connectivity index (χ0) is 19.1. The summed E-state index contributed by atoms with van der Waals surface area (Å²) >= 11 is 0. The molecule has 0 aliphatic rings. The van der Waals surface area contributed by atoms with Gasteiger partial charge in [0.25, 0.3) is 0 Å². The van der Waals surface area contributed by atoms with Crippen LogP contribution in [0.2, 0.25) is 0 Å². The van der Waals surface area contributed by atoms with E-state index in [1.165, 1.54) is 0 Å². The predicted molar refractivity (Wildman–Crippen MR) is 96.7 cm³/mol. The molecule has 1 aromatic heterocycles. The van der Waals surface area contributed by atoms with E-state index in [0.29, 0.717) is 11.5 Å². The van der Waals surface area contributed by atoms with Crippen LogP contribution in [0.5, 0.6) is 17.2 Å². The van der Waals surface area contributed by atoms with E-state index in [2.05, 4.69) is 4.98 Å². The van der Waals surface area contributed by atoms with Gasteiger partial charge in [-0.15, -0.1) is 0 Å². The van der Waals surface area contributed by atoms with E-state index in [-0.39, 0.29) is 7.69 Å². The SMILES string of the molecule is Cc1cccc(Oc2cnccc2OC(C)(C)C(C)(C)O)c1.O[B]O. The number of hydrogen-bond donors (Lipinski definition) is 3. The number of aliphatic hydroxyl groups is 1. The second kappa shape index (κ2) is 8.85. The van der Waals surface area contributed by atoms with Crippen LogP contribution in [0.4, 0.5) is 0 Å². The van der Waals surface area contributed by atoms with Crippen molar-refractivity contribution in [2.24, 2.45) is 0 Å². The van der Waals surface area contributed by atoms with Crippen molar-refractivity contribution < 1.29 is 24.6 Å². The van der Waals surface area contributed by atoms with E-state index in [4.69, 9.17) is 19.5 Å². The molecule has 0 fully saturated rings. The highest BCUT2D eigenvalue weighted by molar-refractivity contribution is 6.13. The molecule has 135 valence electrons. The molecule has 0 spiro atoms. The summed E-state index contributed by atoms with van der Waals surface area (Å²) in [5.74, 6) is 1.79. The summed E-state index contributed by atoms with van der Waals surface area (Å²) in [7, 11) is 0. The molecule has 0 aliphatic carbocycles. The van der Waals surface area contributed by atoms with E-state index >= 15 is 0 Å². The summed E-state index contributed by atoms with van der Waals surface area (Å²) in [4.78, 5) is 4.09. The number of aryl methyl sites for hydroxylation is 1. The van der Waals surface area contributed by atoms with Crippen LogP contribution in [0, 0.1) is 6.92 Å². The van der Waals surface area contributed by atoms with Gasteiger partial charge in [0, 0.05) is 12.3 Å². The lowest BCUT2D eigenvalue weighted by Crippen LogP contribution is -2.49. The fourth-order valence-electron chi connectivity index (χ4n) is 1.73. The fraction of sp³-hybridized carbons (Fsp3) is 0.389. The molecule has 0 bridgehead atoms. The smallest absolute Gasteiger partial charge is 0.481 e. The van der Waals surface area contributed by atoms with Gasteiger partial charge in [0.2, 0.25) is 0 Å². The van der Waals surface area contributed by atoms with Crippen LogP contribution in [-0.2, 0) is 0 Å². The lowest BCUT2D eigenvalue weighted by molar-refractivity contribution is -0.0913. The van der Waals surface area contributed by atoms with Crippen molar-refractivity contribution in [1.82, 2.24) is 4.98 Å². The average Bonchev–Trinajstić information content (AvgIpc) is 2.49. The topological polar surface area (TPSA) is 92.0 Å². The van der Waals surface area contributed by atoms with Crippen LogP contribution in [-0.4, -0.2) is 39.0 Å². The third kappa shape index (κ3) is 6.38. The molecule has 0 aliphatic heterocycles. The maximum atomic E-state index is 10.2. The van der Waals surface area contributed by atoms with Crippen LogP contribution in [0.15, 0.2) is 42.7 Å². The number of aromatic nitrogens is 1. The first-order valence-corrected chi connectivity index (χ1v) is 7.80. The van der Waals surface area contributed by atoms with Crippen molar-refractivity contribution in [3.8, 4) is 17.2 Å². The van der Waals surface area contributed by atoms with Gasteiger partial charge >= 0.3 is 7.69 Å². The molecule has 2 aromatic rings. The van der Waals surface area contributed by atoms with E-state index in [1.54, 1.807) is 32.3 Å². The first kappa shape index (κ1) is 21.0. The Morgan fingerprint density at radius 2 is 1.68 bits per heavy atom. The van der Waals surface area contributed by atoms with Crippen molar-refractivity contribution in [3.63, 3.8) is 0 Å². The predicted octanol–water partition coefficient (Wildman–Crippen LogP) is 2.62. The van der Waals surface area contributed by atoms with Crippen LogP contribution in [0.1, 0.15) is 33.3 Å². The van der Waals surface area contributed by atoms with Crippen LogP contribution < -0.4 is 9.47 Å². The van der Waals surface area contributed by atoms with Crippen molar-refractivity contribution in [2.45, 2.75) is 45.8 Å². The standard InChI is InChI=1S/C18H23NO3.BH2O2/c1-13-7-6-8-14(11-13)21-16-12-19-10-9-15(16)22-18(4,5)17(2,3)20;2-1-3/h6-12,20H,1-5H3;2-3H.